The van der Waals surface area contributed by atoms with E-state index in [2.05, 4.69) is 15.6 Å². The Kier molecular flexibility index (Phi) is 7.54. The maximum absolute atomic E-state index is 13.3. The summed E-state index contributed by atoms with van der Waals surface area (Å²) in [5, 5.41) is 16.2. The van der Waals surface area contributed by atoms with Gasteiger partial charge in [0.05, 0.1) is 6.04 Å². The number of aryl methyl sites for hydroxylation is 2. The summed E-state index contributed by atoms with van der Waals surface area (Å²) in [5.74, 6) is 0.466. The number of carbonyl (C=O) groups is 1. The zero-order valence-corrected chi connectivity index (χ0v) is 20.5. The van der Waals surface area contributed by atoms with Crippen LogP contribution in [0.5, 0.6) is 0 Å². The van der Waals surface area contributed by atoms with Crippen molar-refractivity contribution in [1.82, 2.24) is 9.80 Å². The Morgan fingerprint density at radius 1 is 1.00 bits per heavy atom. The number of nitrogens with one attached hydrogen (secondary N) is 2. The van der Waals surface area contributed by atoms with Crippen molar-refractivity contribution in [2.45, 2.75) is 19.9 Å². The average Bonchev–Trinajstić information content (AvgIpc) is 2.87. The molecule has 1 saturated heterocycles. The predicted molar refractivity (Wildman–Crippen MR) is 141 cm³/mol. The number of halogens is 1. The number of anilines is 2. The second-order valence-corrected chi connectivity index (χ2v) is 8.84. The highest BCUT2D eigenvalue weighted by molar-refractivity contribution is 6.31. The number of urea groups is 1. The molecule has 1 aliphatic rings. The fourth-order valence-corrected chi connectivity index (χ4v) is 4.28. The summed E-state index contributed by atoms with van der Waals surface area (Å²) in [5.41, 5.74) is 4.53. The number of para-hydroxylation sites is 1. The maximum atomic E-state index is 13.3. The van der Waals surface area contributed by atoms with Crippen molar-refractivity contribution < 1.29 is 4.79 Å². The molecule has 1 unspecified atom stereocenters. The number of guanidine groups is 1. The second-order valence-electron chi connectivity index (χ2n) is 8.44. The van der Waals surface area contributed by atoms with Crippen LogP contribution >= 0.6 is 11.6 Å². The predicted octanol–water partition coefficient (Wildman–Crippen LogP) is 5.80. The van der Waals surface area contributed by atoms with Gasteiger partial charge in [0.1, 0.15) is 0 Å². The number of nitrogens with zero attached hydrogens (tertiary/aromatic N) is 4. The molecular weight excluding hydrogens is 460 g/mol. The summed E-state index contributed by atoms with van der Waals surface area (Å²) >= 11 is 6.25. The van der Waals surface area contributed by atoms with E-state index in [1.54, 1.807) is 6.07 Å². The van der Waals surface area contributed by atoms with E-state index in [0.717, 1.165) is 22.4 Å². The normalized spacial score (nSPS) is 15.9. The van der Waals surface area contributed by atoms with Gasteiger partial charge in [-0.1, -0.05) is 66.2 Å². The third-order valence-electron chi connectivity index (χ3n) is 6.10. The lowest BCUT2D eigenvalue weighted by Crippen LogP contribution is -2.54. The van der Waals surface area contributed by atoms with Crippen LogP contribution in [0.2, 0.25) is 5.02 Å². The van der Waals surface area contributed by atoms with E-state index in [9.17, 15) is 10.1 Å². The lowest BCUT2D eigenvalue weighted by Gasteiger charge is -2.42. The van der Waals surface area contributed by atoms with Gasteiger partial charge in [-0.25, -0.2) is 4.79 Å². The van der Waals surface area contributed by atoms with Crippen molar-refractivity contribution >= 4 is 35.0 Å². The van der Waals surface area contributed by atoms with Crippen molar-refractivity contribution in [3.8, 4) is 6.19 Å². The van der Waals surface area contributed by atoms with Crippen LogP contribution in [-0.4, -0.2) is 41.4 Å². The van der Waals surface area contributed by atoms with Crippen LogP contribution in [0.25, 0.3) is 0 Å². The highest BCUT2D eigenvalue weighted by Gasteiger charge is 2.33. The van der Waals surface area contributed by atoms with Crippen molar-refractivity contribution in [3.63, 3.8) is 0 Å². The molecule has 1 aliphatic heterocycles. The van der Waals surface area contributed by atoms with Gasteiger partial charge in [-0.05, 0) is 48.7 Å². The number of carbonyl (C=O) groups excluding carboxylic acids is 1. The molecule has 0 saturated carbocycles. The van der Waals surface area contributed by atoms with Gasteiger partial charge in [0, 0.05) is 36.0 Å². The molecule has 3 aromatic carbocycles. The van der Waals surface area contributed by atoms with Gasteiger partial charge in [-0.3, -0.25) is 0 Å². The van der Waals surface area contributed by atoms with Crippen LogP contribution in [-0.2, 0) is 0 Å². The molecule has 4 rings (SSSR count). The van der Waals surface area contributed by atoms with Crippen molar-refractivity contribution in [2.24, 2.45) is 4.99 Å². The van der Waals surface area contributed by atoms with Gasteiger partial charge in [0.15, 0.2) is 0 Å². The molecule has 0 aliphatic carbocycles. The monoisotopic (exact) mass is 486 g/mol. The first-order chi connectivity index (χ1) is 17.0. The van der Waals surface area contributed by atoms with Gasteiger partial charge in [-0.2, -0.15) is 5.26 Å². The minimum atomic E-state index is -0.242. The molecule has 1 fully saturated rings. The molecular formula is C27H27ClN6O. The van der Waals surface area contributed by atoms with Crippen LogP contribution < -0.4 is 10.6 Å². The Labute approximate surface area is 210 Å². The summed E-state index contributed by atoms with van der Waals surface area (Å²) in [6.07, 6.45) is 1.91. The van der Waals surface area contributed by atoms with E-state index in [1.807, 2.05) is 96.6 Å². The third-order valence-corrected chi connectivity index (χ3v) is 6.50. The first kappa shape index (κ1) is 24.1. The summed E-state index contributed by atoms with van der Waals surface area (Å²) < 4.78 is 0. The number of hydrogen-bond acceptors (Lipinski definition) is 3. The van der Waals surface area contributed by atoms with Crippen molar-refractivity contribution in [2.75, 3.05) is 30.3 Å². The number of nitriles is 1. The van der Waals surface area contributed by atoms with Gasteiger partial charge in [-0.15, -0.1) is 4.99 Å². The topological polar surface area (TPSA) is 83.8 Å². The number of amides is 2. The van der Waals surface area contributed by atoms with Crippen LogP contribution in [0.1, 0.15) is 22.7 Å². The number of aliphatic imine (C=N–C) groups is 1. The summed E-state index contributed by atoms with van der Waals surface area (Å²) in [7, 11) is 0. The van der Waals surface area contributed by atoms with Crippen LogP contribution in [0, 0.1) is 25.3 Å². The Balaban J connectivity index is 1.58. The Hall–Kier alpha value is -4.02. The number of piperazine rings is 1. The zero-order chi connectivity index (χ0) is 24.8. The lowest BCUT2D eigenvalue weighted by molar-refractivity contribution is 0.136. The minimum Gasteiger partial charge on any atom is -0.338 e. The van der Waals surface area contributed by atoms with Gasteiger partial charge in [0.2, 0.25) is 12.2 Å². The molecule has 1 atom stereocenters. The summed E-state index contributed by atoms with van der Waals surface area (Å²) in [6.45, 7) is 5.36. The summed E-state index contributed by atoms with van der Waals surface area (Å²) in [6, 6.07) is 22.8. The maximum Gasteiger partial charge on any atom is 0.322 e. The lowest BCUT2D eigenvalue weighted by atomic mass is 10.0. The zero-order valence-electron chi connectivity index (χ0n) is 19.7. The number of rotatable bonds is 3. The third kappa shape index (κ3) is 5.73. The smallest absolute Gasteiger partial charge is 0.322 e. The minimum absolute atomic E-state index is 0.205. The van der Waals surface area contributed by atoms with Crippen LogP contribution in [0.15, 0.2) is 77.8 Å². The highest BCUT2D eigenvalue weighted by Crippen LogP contribution is 2.28. The average molecular weight is 487 g/mol. The molecule has 0 aromatic heterocycles. The fraction of sp³-hybridized carbons (Fsp3) is 0.222. The molecule has 3 aromatic rings. The SMILES string of the molecule is Cc1ccc(NC(=O)N2CCN(/C(=N\C#N)Nc3ccccc3C)CC2c2ccccc2)cc1Cl. The first-order valence-electron chi connectivity index (χ1n) is 11.4. The van der Waals surface area contributed by atoms with Crippen molar-refractivity contribution in [1.29, 1.82) is 5.26 Å². The van der Waals surface area contributed by atoms with Crippen molar-refractivity contribution in [3.05, 3.63) is 94.5 Å². The molecule has 178 valence electrons. The Morgan fingerprint density at radius 3 is 2.46 bits per heavy atom. The van der Waals surface area contributed by atoms with Crippen LogP contribution in [0.4, 0.5) is 16.2 Å². The quantitative estimate of drug-likeness (QED) is 0.278. The van der Waals surface area contributed by atoms with E-state index in [1.165, 1.54) is 0 Å². The molecule has 0 spiro atoms. The first-order valence-corrected chi connectivity index (χ1v) is 11.8. The summed E-state index contributed by atoms with van der Waals surface area (Å²) in [4.78, 5) is 21.2. The molecule has 0 bridgehead atoms. The van der Waals surface area contributed by atoms with E-state index in [4.69, 9.17) is 11.6 Å². The standard InChI is InChI=1S/C27H27ClN6O/c1-19-12-13-22(16-23(19)28)31-27(35)34-15-14-33(17-25(34)21-9-4-3-5-10-21)26(30-18-29)32-24-11-7-6-8-20(24)2/h3-13,16,25H,14-15,17H2,1-2H3,(H,30,32)(H,31,35). The van der Waals surface area contributed by atoms with E-state index in [-0.39, 0.29) is 12.1 Å². The molecule has 2 amide bonds. The Bertz CT molecular complexity index is 1270. The number of benzene rings is 3. The Morgan fingerprint density at radius 2 is 1.74 bits per heavy atom. The molecule has 1 heterocycles. The molecule has 2 N–H and O–H groups in total. The second kappa shape index (κ2) is 10.9. The number of hydrogen-bond donors (Lipinski definition) is 2. The van der Waals surface area contributed by atoms with E-state index >= 15 is 0 Å². The molecule has 35 heavy (non-hydrogen) atoms. The molecule has 8 heteroatoms. The molecule has 7 nitrogen and oxygen atoms in total. The van der Waals surface area contributed by atoms with Gasteiger partial charge in [0.25, 0.3) is 0 Å². The van der Waals surface area contributed by atoms with Gasteiger partial charge >= 0.3 is 6.03 Å². The van der Waals surface area contributed by atoms with Gasteiger partial charge < -0.3 is 20.4 Å². The molecule has 0 radical (unpaired) electrons. The largest absolute Gasteiger partial charge is 0.338 e. The van der Waals surface area contributed by atoms with E-state index < -0.39 is 0 Å². The fourth-order valence-electron chi connectivity index (χ4n) is 4.10. The highest BCUT2D eigenvalue weighted by atomic mass is 35.5. The van der Waals surface area contributed by atoms with Crippen LogP contribution in [0.3, 0.4) is 0 Å². The van der Waals surface area contributed by atoms with E-state index in [0.29, 0.717) is 36.3 Å².